The van der Waals surface area contributed by atoms with Crippen LogP contribution in [-0.2, 0) is 0 Å². The van der Waals surface area contributed by atoms with E-state index in [1.54, 1.807) is 6.33 Å². The molecule has 2 atom stereocenters. The van der Waals surface area contributed by atoms with Gasteiger partial charge in [-0.05, 0) is 27.2 Å². The highest BCUT2D eigenvalue weighted by molar-refractivity contribution is 6.20. The van der Waals surface area contributed by atoms with Crippen LogP contribution < -0.4 is 5.32 Å². The molecule has 1 N–H and O–H groups in total. The maximum atomic E-state index is 5.90. The van der Waals surface area contributed by atoms with Crippen LogP contribution >= 0.6 is 11.6 Å². The van der Waals surface area contributed by atoms with E-state index in [0.29, 0.717) is 6.04 Å². The maximum Gasteiger partial charge on any atom is 0.129 e. The summed E-state index contributed by atoms with van der Waals surface area (Å²) < 4.78 is 0. The van der Waals surface area contributed by atoms with Crippen molar-refractivity contribution in [3.05, 3.63) is 18.1 Å². The van der Waals surface area contributed by atoms with E-state index < -0.39 is 0 Å². The molecular weight excluding hydrogens is 198 g/mol. The minimum Gasteiger partial charge on any atom is -0.367 e. The first kappa shape index (κ1) is 11.2. The Bertz CT molecular complexity index is 288. The molecule has 0 fully saturated rings. The van der Waals surface area contributed by atoms with Crippen molar-refractivity contribution in [3.63, 3.8) is 0 Å². The van der Waals surface area contributed by atoms with Gasteiger partial charge in [-0.25, -0.2) is 9.97 Å². The van der Waals surface area contributed by atoms with Gasteiger partial charge in [-0.3, -0.25) is 0 Å². The van der Waals surface area contributed by atoms with E-state index in [4.69, 9.17) is 11.6 Å². The number of hydrogen-bond donors (Lipinski definition) is 1. The molecule has 0 aromatic carbocycles. The molecule has 1 rings (SSSR count). The molecule has 0 bridgehead atoms. The van der Waals surface area contributed by atoms with Crippen molar-refractivity contribution in [1.82, 2.24) is 9.97 Å². The lowest BCUT2D eigenvalue weighted by molar-refractivity contribution is 0.693. The number of rotatable bonds is 4. The molecule has 0 saturated carbocycles. The van der Waals surface area contributed by atoms with Gasteiger partial charge in [0.2, 0.25) is 0 Å². The second-order valence-electron chi connectivity index (χ2n) is 3.61. The number of halogens is 1. The lowest BCUT2D eigenvalue weighted by atomic mass is 10.2. The van der Waals surface area contributed by atoms with E-state index in [1.165, 1.54) is 0 Å². The van der Waals surface area contributed by atoms with E-state index in [2.05, 4.69) is 22.2 Å². The number of anilines is 1. The van der Waals surface area contributed by atoms with Crippen molar-refractivity contribution in [2.45, 2.75) is 38.6 Å². The highest BCUT2D eigenvalue weighted by atomic mass is 35.5. The summed E-state index contributed by atoms with van der Waals surface area (Å²) in [6, 6.07) is 2.26. The van der Waals surface area contributed by atoms with Crippen LogP contribution in [0.4, 0.5) is 5.82 Å². The van der Waals surface area contributed by atoms with Gasteiger partial charge in [0, 0.05) is 23.2 Å². The Morgan fingerprint density at radius 2 is 2.14 bits per heavy atom. The number of nitrogens with zero attached hydrogens (tertiary/aromatic N) is 2. The molecule has 0 aliphatic carbocycles. The molecule has 0 aliphatic rings. The van der Waals surface area contributed by atoms with Crippen molar-refractivity contribution in [3.8, 4) is 0 Å². The van der Waals surface area contributed by atoms with Crippen LogP contribution in [0.25, 0.3) is 0 Å². The molecule has 0 aliphatic heterocycles. The number of nitrogens with one attached hydrogen (secondary N) is 1. The Labute approximate surface area is 89.9 Å². The van der Waals surface area contributed by atoms with Crippen LogP contribution in [0, 0.1) is 6.92 Å². The van der Waals surface area contributed by atoms with E-state index in [1.807, 2.05) is 19.9 Å². The molecule has 4 heteroatoms. The van der Waals surface area contributed by atoms with Crippen molar-refractivity contribution in [1.29, 1.82) is 0 Å². The van der Waals surface area contributed by atoms with Gasteiger partial charge in [0.15, 0.2) is 0 Å². The van der Waals surface area contributed by atoms with Gasteiger partial charge >= 0.3 is 0 Å². The second kappa shape index (κ2) is 5.15. The maximum absolute atomic E-state index is 5.90. The summed E-state index contributed by atoms with van der Waals surface area (Å²) in [5, 5.41) is 3.46. The molecule has 0 radical (unpaired) electrons. The first-order valence-corrected chi connectivity index (χ1v) is 5.21. The minimum atomic E-state index is 0.181. The van der Waals surface area contributed by atoms with Crippen LogP contribution in [0.5, 0.6) is 0 Å². The highest BCUT2D eigenvalue weighted by Crippen LogP contribution is 2.10. The summed E-state index contributed by atoms with van der Waals surface area (Å²) in [6.45, 7) is 6.03. The average molecular weight is 214 g/mol. The number of aryl methyl sites for hydroxylation is 1. The summed E-state index contributed by atoms with van der Waals surface area (Å²) in [5.41, 5.74) is 0.966. The van der Waals surface area contributed by atoms with Crippen molar-refractivity contribution in [2.75, 3.05) is 5.32 Å². The summed E-state index contributed by atoms with van der Waals surface area (Å²) in [6.07, 6.45) is 2.49. The third kappa shape index (κ3) is 3.92. The normalized spacial score (nSPS) is 14.9. The Balaban J connectivity index is 2.51. The van der Waals surface area contributed by atoms with Crippen LogP contribution in [-0.4, -0.2) is 21.4 Å². The van der Waals surface area contributed by atoms with Crippen molar-refractivity contribution < 1.29 is 0 Å². The fourth-order valence-corrected chi connectivity index (χ4v) is 1.60. The first-order chi connectivity index (χ1) is 6.58. The standard InChI is InChI=1S/C10H16ClN3/c1-7(11)4-9(3)14-10-5-8(2)12-6-13-10/h5-7,9H,4H2,1-3H3,(H,12,13,14). The van der Waals surface area contributed by atoms with Crippen LogP contribution in [0.2, 0.25) is 0 Å². The zero-order valence-electron chi connectivity index (χ0n) is 8.79. The SMILES string of the molecule is Cc1cc(NC(C)CC(C)Cl)ncn1. The Kier molecular flexibility index (Phi) is 4.14. The molecule has 0 spiro atoms. The van der Waals surface area contributed by atoms with Crippen molar-refractivity contribution >= 4 is 17.4 Å². The molecule has 3 nitrogen and oxygen atoms in total. The second-order valence-corrected chi connectivity index (χ2v) is 4.35. The fourth-order valence-electron chi connectivity index (χ4n) is 1.33. The van der Waals surface area contributed by atoms with E-state index in [9.17, 15) is 0 Å². The molecule has 78 valence electrons. The monoisotopic (exact) mass is 213 g/mol. The smallest absolute Gasteiger partial charge is 0.129 e. The van der Waals surface area contributed by atoms with Gasteiger partial charge in [-0.2, -0.15) is 0 Å². The summed E-state index contributed by atoms with van der Waals surface area (Å²) in [7, 11) is 0. The summed E-state index contributed by atoms with van der Waals surface area (Å²) in [4.78, 5) is 8.15. The zero-order valence-corrected chi connectivity index (χ0v) is 9.54. The van der Waals surface area contributed by atoms with Gasteiger partial charge in [-0.1, -0.05) is 0 Å². The summed E-state index contributed by atoms with van der Waals surface area (Å²) in [5.74, 6) is 0.863. The predicted molar refractivity (Wildman–Crippen MR) is 59.8 cm³/mol. The average Bonchev–Trinajstić information content (AvgIpc) is 2.01. The zero-order chi connectivity index (χ0) is 10.6. The molecule has 2 unspecified atom stereocenters. The van der Waals surface area contributed by atoms with Crippen LogP contribution in [0.1, 0.15) is 26.0 Å². The molecule has 0 amide bonds. The van der Waals surface area contributed by atoms with Crippen molar-refractivity contribution in [2.24, 2.45) is 0 Å². The Hall–Kier alpha value is -0.830. The molecule has 1 aromatic rings. The number of aromatic nitrogens is 2. The first-order valence-electron chi connectivity index (χ1n) is 4.77. The van der Waals surface area contributed by atoms with Gasteiger partial charge in [-0.15, -0.1) is 11.6 Å². The summed E-state index contributed by atoms with van der Waals surface area (Å²) >= 11 is 5.90. The molecule has 14 heavy (non-hydrogen) atoms. The van der Waals surface area contributed by atoms with Crippen LogP contribution in [0.15, 0.2) is 12.4 Å². The molecule has 1 aromatic heterocycles. The van der Waals surface area contributed by atoms with Crippen LogP contribution in [0.3, 0.4) is 0 Å². The van der Waals surface area contributed by atoms with E-state index in [-0.39, 0.29) is 5.38 Å². The lowest BCUT2D eigenvalue weighted by Crippen LogP contribution is -2.19. The molecular formula is C10H16ClN3. The van der Waals surface area contributed by atoms with E-state index >= 15 is 0 Å². The third-order valence-electron chi connectivity index (χ3n) is 1.88. The van der Waals surface area contributed by atoms with Gasteiger partial charge in [0.05, 0.1) is 0 Å². The van der Waals surface area contributed by atoms with E-state index in [0.717, 1.165) is 17.9 Å². The Morgan fingerprint density at radius 1 is 1.43 bits per heavy atom. The lowest BCUT2D eigenvalue weighted by Gasteiger charge is -2.15. The Morgan fingerprint density at radius 3 is 2.71 bits per heavy atom. The highest BCUT2D eigenvalue weighted by Gasteiger charge is 2.06. The number of hydrogen-bond acceptors (Lipinski definition) is 3. The predicted octanol–water partition coefficient (Wildman–Crippen LogP) is 2.60. The molecule has 1 heterocycles. The third-order valence-corrected chi connectivity index (χ3v) is 2.05. The molecule has 0 saturated heterocycles. The minimum absolute atomic E-state index is 0.181. The fraction of sp³-hybridized carbons (Fsp3) is 0.600. The van der Waals surface area contributed by atoms with Gasteiger partial charge in [0.1, 0.15) is 12.1 Å². The van der Waals surface area contributed by atoms with Gasteiger partial charge in [0.25, 0.3) is 0 Å². The largest absolute Gasteiger partial charge is 0.367 e. The van der Waals surface area contributed by atoms with Gasteiger partial charge < -0.3 is 5.32 Å². The number of alkyl halides is 1. The quantitative estimate of drug-likeness (QED) is 0.782. The topological polar surface area (TPSA) is 37.8 Å².